The van der Waals surface area contributed by atoms with Crippen molar-refractivity contribution in [3.63, 3.8) is 0 Å². The highest BCUT2D eigenvalue weighted by Gasteiger charge is 2.24. The van der Waals surface area contributed by atoms with E-state index in [1.54, 1.807) is 11.3 Å². The molecule has 0 unspecified atom stereocenters. The number of piperazine rings is 1. The minimum atomic E-state index is 0.0263. The number of hydrogen-bond donors (Lipinski definition) is 0. The van der Waals surface area contributed by atoms with Crippen LogP contribution in [0.1, 0.15) is 27.4 Å². The Balaban J connectivity index is 1.14. The van der Waals surface area contributed by atoms with Crippen molar-refractivity contribution in [3.8, 4) is 16.5 Å². The number of aromatic nitrogens is 2. The molecule has 1 aliphatic heterocycles. The highest BCUT2D eigenvalue weighted by Crippen LogP contribution is 2.22. The Hall–Kier alpha value is -3.49. The Morgan fingerprint density at radius 3 is 2.71 bits per heavy atom. The standard InChI is InChI=1S/C26H26N4O3S/c1-19-5-2-6-20(15-19)18-32-22-8-3-7-21(16-22)26(31)30-12-10-29(11-13-30)17-24-27-25(28-33-24)23-9-4-14-34-23/h2-9,14-16H,10-13,17-18H2,1H3. The molecule has 8 heteroatoms. The Labute approximate surface area is 202 Å². The predicted molar refractivity (Wildman–Crippen MR) is 131 cm³/mol. The van der Waals surface area contributed by atoms with E-state index < -0.39 is 0 Å². The second-order valence-electron chi connectivity index (χ2n) is 8.36. The molecule has 34 heavy (non-hydrogen) atoms. The molecular weight excluding hydrogens is 448 g/mol. The van der Waals surface area contributed by atoms with Gasteiger partial charge in [0.25, 0.3) is 5.91 Å². The number of thiophene rings is 1. The average Bonchev–Trinajstić information content (AvgIpc) is 3.55. The van der Waals surface area contributed by atoms with Gasteiger partial charge in [-0.25, -0.2) is 0 Å². The second-order valence-corrected chi connectivity index (χ2v) is 9.31. The molecule has 1 fully saturated rings. The Morgan fingerprint density at radius 1 is 1.06 bits per heavy atom. The van der Waals surface area contributed by atoms with E-state index in [2.05, 4.69) is 34.1 Å². The number of hydrogen-bond acceptors (Lipinski definition) is 7. The van der Waals surface area contributed by atoms with Crippen molar-refractivity contribution in [2.24, 2.45) is 0 Å². The number of carbonyl (C=O) groups is 1. The fourth-order valence-corrected chi connectivity index (χ4v) is 4.64. The van der Waals surface area contributed by atoms with Crippen LogP contribution in [0.5, 0.6) is 5.75 Å². The second kappa shape index (κ2) is 10.2. The van der Waals surface area contributed by atoms with Crippen LogP contribution in [0.15, 0.2) is 70.6 Å². The van der Waals surface area contributed by atoms with Crippen LogP contribution < -0.4 is 4.74 Å². The summed E-state index contributed by atoms with van der Waals surface area (Å²) in [4.78, 5) is 22.7. The lowest BCUT2D eigenvalue weighted by Gasteiger charge is -2.34. The van der Waals surface area contributed by atoms with E-state index in [-0.39, 0.29) is 5.91 Å². The fourth-order valence-electron chi connectivity index (χ4n) is 4.00. The fraction of sp³-hybridized carbons (Fsp3) is 0.269. The van der Waals surface area contributed by atoms with E-state index in [9.17, 15) is 4.79 Å². The van der Waals surface area contributed by atoms with Gasteiger partial charge in [0.15, 0.2) is 0 Å². The Morgan fingerprint density at radius 2 is 1.91 bits per heavy atom. The van der Waals surface area contributed by atoms with E-state index in [0.29, 0.717) is 49.3 Å². The summed E-state index contributed by atoms with van der Waals surface area (Å²) in [6.45, 7) is 5.94. The predicted octanol–water partition coefficient (Wildman–Crippen LogP) is 4.64. The maximum atomic E-state index is 13.1. The van der Waals surface area contributed by atoms with E-state index in [1.165, 1.54) is 5.56 Å². The van der Waals surface area contributed by atoms with Crippen molar-refractivity contribution in [1.82, 2.24) is 19.9 Å². The van der Waals surface area contributed by atoms with E-state index in [1.807, 2.05) is 58.8 Å². The molecule has 2 aromatic carbocycles. The summed E-state index contributed by atoms with van der Waals surface area (Å²) < 4.78 is 11.4. The van der Waals surface area contributed by atoms with Gasteiger partial charge in [0.05, 0.1) is 11.4 Å². The lowest BCUT2D eigenvalue weighted by atomic mass is 10.1. The SMILES string of the molecule is Cc1cccc(COc2cccc(C(=O)N3CCN(Cc4nc(-c5cccs5)no4)CC3)c2)c1. The van der Waals surface area contributed by atoms with Crippen LogP contribution in [-0.2, 0) is 13.2 Å². The molecule has 0 saturated carbocycles. The number of nitrogens with zero attached hydrogens (tertiary/aromatic N) is 4. The van der Waals surface area contributed by atoms with Crippen molar-refractivity contribution in [1.29, 1.82) is 0 Å². The molecule has 0 aliphatic carbocycles. The van der Waals surface area contributed by atoms with Gasteiger partial charge < -0.3 is 14.2 Å². The smallest absolute Gasteiger partial charge is 0.254 e. The van der Waals surface area contributed by atoms with Crippen LogP contribution in [0.2, 0.25) is 0 Å². The minimum Gasteiger partial charge on any atom is -0.489 e. The van der Waals surface area contributed by atoms with Crippen molar-refractivity contribution >= 4 is 17.2 Å². The van der Waals surface area contributed by atoms with Gasteiger partial charge in [-0.05, 0) is 42.1 Å². The zero-order valence-electron chi connectivity index (χ0n) is 19.0. The molecular formula is C26H26N4O3S. The number of amides is 1. The zero-order valence-corrected chi connectivity index (χ0v) is 19.8. The van der Waals surface area contributed by atoms with E-state index in [4.69, 9.17) is 9.26 Å². The molecule has 0 N–H and O–H groups in total. The molecule has 2 aromatic heterocycles. The van der Waals surface area contributed by atoms with Gasteiger partial charge in [0, 0.05) is 31.7 Å². The lowest BCUT2D eigenvalue weighted by Crippen LogP contribution is -2.48. The van der Waals surface area contributed by atoms with Crippen LogP contribution in [0, 0.1) is 6.92 Å². The van der Waals surface area contributed by atoms with Gasteiger partial charge in [-0.3, -0.25) is 9.69 Å². The molecule has 1 saturated heterocycles. The topological polar surface area (TPSA) is 71.7 Å². The van der Waals surface area contributed by atoms with E-state index in [0.717, 1.165) is 23.5 Å². The molecule has 3 heterocycles. The maximum absolute atomic E-state index is 13.1. The Bertz CT molecular complexity index is 1250. The molecule has 0 spiro atoms. The normalized spacial score (nSPS) is 14.3. The summed E-state index contributed by atoms with van der Waals surface area (Å²) in [6.07, 6.45) is 0. The lowest BCUT2D eigenvalue weighted by molar-refractivity contribution is 0.0614. The number of ether oxygens (including phenoxy) is 1. The van der Waals surface area contributed by atoms with Crippen LogP contribution in [0.25, 0.3) is 10.7 Å². The average molecular weight is 475 g/mol. The molecule has 4 aromatic rings. The third-order valence-corrected chi connectivity index (χ3v) is 6.66. The Kier molecular flexibility index (Phi) is 6.69. The molecule has 0 atom stereocenters. The molecule has 5 rings (SSSR count). The van der Waals surface area contributed by atoms with Gasteiger partial charge in [-0.2, -0.15) is 4.98 Å². The maximum Gasteiger partial charge on any atom is 0.254 e. The van der Waals surface area contributed by atoms with Crippen molar-refractivity contribution < 1.29 is 14.1 Å². The summed E-state index contributed by atoms with van der Waals surface area (Å²) in [5.74, 6) is 1.95. The summed E-state index contributed by atoms with van der Waals surface area (Å²) >= 11 is 1.59. The quantitative estimate of drug-likeness (QED) is 0.389. The number of benzene rings is 2. The summed E-state index contributed by atoms with van der Waals surface area (Å²) in [6, 6.07) is 19.6. The van der Waals surface area contributed by atoms with Gasteiger partial charge in [0.1, 0.15) is 12.4 Å². The third kappa shape index (κ3) is 5.35. The highest BCUT2D eigenvalue weighted by molar-refractivity contribution is 7.13. The van der Waals surface area contributed by atoms with Crippen molar-refractivity contribution in [3.05, 3.63) is 88.6 Å². The molecule has 1 amide bonds. The minimum absolute atomic E-state index is 0.0263. The van der Waals surface area contributed by atoms with Gasteiger partial charge in [0.2, 0.25) is 11.7 Å². The van der Waals surface area contributed by atoms with Crippen molar-refractivity contribution in [2.75, 3.05) is 26.2 Å². The first-order valence-corrected chi connectivity index (χ1v) is 12.2. The molecule has 1 aliphatic rings. The molecule has 7 nitrogen and oxygen atoms in total. The molecule has 0 radical (unpaired) electrons. The van der Waals surface area contributed by atoms with Crippen LogP contribution in [0.3, 0.4) is 0 Å². The first kappa shape index (κ1) is 22.3. The van der Waals surface area contributed by atoms with E-state index >= 15 is 0 Å². The van der Waals surface area contributed by atoms with Crippen LogP contribution >= 0.6 is 11.3 Å². The first-order valence-electron chi connectivity index (χ1n) is 11.3. The van der Waals surface area contributed by atoms with Gasteiger partial charge in [-0.15, -0.1) is 11.3 Å². The summed E-state index contributed by atoms with van der Waals surface area (Å²) in [5.41, 5.74) is 2.95. The van der Waals surface area contributed by atoms with Crippen molar-refractivity contribution in [2.45, 2.75) is 20.1 Å². The number of aryl methyl sites for hydroxylation is 1. The monoisotopic (exact) mass is 474 g/mol. The van der Waals surface area contributed by atoms with Gasteiger partial charge in [-0.1, -0.05) is 47.1 Å². The zero-order chi connectivity index (χ0) is 23.3. The largest absolute Gasteiger partial charge is 0.489 e. The highest BCUT2D eigenvalue weighted by atomic mass is 32.1. The summed E-state index contributed by atoms with van der Waals surface area (Å²) in [5, 5.41) is 6.07. The molecule has 0 bridgehead atoms. The third-order valence-electron chi connectivity index (χ3n) is 5.80. The number of carbonyl (C=O) groups excluding carboxylic acids is 1. The summed E-state index contributed by atoms with van der Waals surface area (Å²) in [7, 11) is 0. The van der Waals surface area contributed by atoms with Crippen LogP contribution in [-0.4, -0.2) is 52.0 Å². The van der Waals surface area contributed by atoms with Crippen LogP contribution in [0.4, 0.5) is 0 Å². The molecule has 174 valence electrons. The first-order chi connectivity index (χ1) is 16.6. The van der Waals surface area contributed by atoms with Gasteiger partial charge >= 0.3 is 0 Å². The number of rotatable bonds is 7.